The van der Waals surface area contributed by atoms with Gasteiger partial charge in [-0.1, -0.05) is 24.3 Å². The van der Waals surface area contributed by atoms with Crippen LogP contribution in [0.15, 0.2) is 48.7 Å². The predicted molar refractivity (Wildman–Crippen MR) is 126 cm³/mol. The zero-order chi connectivity index (χ0) is 22.3. The summed E-state index contributed by atoms with van der Waals surface area (Å²) in [6.07, 6.45) is 6.65. The quantitative estimate of drug-likeness (QED) is 0.733. The lowest BCUT2D eigenvalue weighted by Gasteiger charge is -2.31. The summed E-state index contributed by atoms with van der Waals surface area (Å²) in [7, 11) is 0. The second kappa shape index (κ2) is 10.7. The maximum atomic E-state index is 13.1. The topological polar surface area (TPSA) is 56.8 Å². The molecule has 1 aliphatic heterocycles. The first-order chi connectivity index (χ1) is 15.6. The number of benzene rings is 1. The summed E-state index contributed by atoms with van der Waals surface area (Å²) in [5.74, 6) is 0.847. The largest absolute Gasteiger partial charge is 0.338 e. The third kappa shape index (κ3) is 6.16. The van der Waals surface area contributed by atoms with Crippen LogP contribution in [0.2, 0.25) is 0 Å². The number of hydrogen-bond donors (Lipinski definition) is 0. The highest BCUT2D eigenvalue weighted by molar-refractivity contribution is 5.92. The smallest absolute Gasteiger partial charge is 0.223 e. The summed E-state index contributed by atoms with van der Waals surface area (Å²) in [6, 6.07) is 14.1. The molecule has 0 atom stereocenters. The third-order valence-corrected chi connectivity index (χ3v) is 6.41. The molecular weight excluding hydrogens is 400 g/mol. The van der Waals surface area contributed by atoms with Gasteiger partial charge >= 0.3 is 0 Å². The van der Waals surface area contributed by atoms with Gasteiger partial charge in [-0.2, -0.15) is 0 Å². The van der Waals surface area contributed by atoms with E-state index in [4.69, 9.17) is 0 Å². The first-order valence-corrected chi connectivity index (χ1v) is 11.9. The lowest BCUT2D eigenvalue weighted by molar-refractivity contribution is -0.132. The number of fused-ring (bicyclic) bond motifs is 1. The SMILES string of the molecule is CC(=O)N1CCCN(Cc2ccccn2)CCCN(C(=O)CC2CC2)Cc2ccccc21. The highest BCUT2D eigenvalue weighted by Gasteiger charge is 2.28. The average molecular weight is 435 g/mol. The van der Waals surface area contributed by atoms with Gasteiger partial charge < -0.3 is 9.80 Å². The van der Waals surface area contributed by atoms with Gasteiger partial charge in [-0.25, -0.2) is 0 Å². The number of amides is 2. The second-order valence-electron chi connectivity index (χ2n) is 9.07. The van der Waals surface area contributed by atoms with Crippen molar-refractivity contribution in [2.75, 3.05) is 31.1 Å². The Kier molecular flexibility index (Phi) is 7.53. The molecule has 2 aliphatic rings. The molecule has 32 heavy (non-hydrogen) atoms. The lowest BCUT2D eigenvalue weighted by Crippen LogP contribution is -2.38. The molecule has 4 rings (SSSR count). The minimum atomic E-state index is 0.0432. The summed E-state index contributed by atoms with van der Waals surface area (Å²) in [4.78, 5) is 36.4. The molecule has 2 amide bonds. The highest BCUT2D eigenvalue weighted by atomic mass is 16.2. The van der Waals surface area contributed by atoms with Crippen LogP contribution < -0.4 is 4.90 Å². The van der Waals surface area contributed by atoms with E-state index in [9.17, 15) is 9.59 Å². The van der Waals surface area contributed by atoms with E-state index in [2.05, 4.69) is 22.0 Å². The summed E-state index contributed by atoms with van der Waals surface area (Å²) >= 11 is 0. The molecule has 0 unspecified atom stereocenters. The monoisotopic (exact) mass is 434 g/mol. The number of carbonyl (C=O) groups excluding carboxylic acids is 2. The fourth-order valence-corrected chi connectivity index (χ4v) is 4.48. The van der Waals surface area contributed by atoms with Crippen LogP contribution in [-0.4, -0.2) is 52.8 Å². The maximum absolute atomic E-state index is 13.1. The van der Waals surface area contributed by atoms with Crippen LogP contribution in [0.25, 0.3) is 0 Å². The molecule has 1 fully saturated rings. The van der Waals surface area contributed by atoms with Crippen LogP contribution in [0, 0.1) is 5.92 Å². The van der Waals surface area contributed by atoms with E-state index in [1.165, 1.54) is 12.8 Å². The number of pyridine rings is 1. The molecule has 6 nitrogen and oxygen atoms in total. The molecule has 0 spiro atoms. The summed E-state index contributed by atoms with van der Waals surface area (Å²) in [5, 5.41) is 0. The average Bonchev–Trinajstić information content (AvgIpc) is 3.60. The number of anilines is 1. The molecule has 0 N–H and O–H groups in total. The molecule has 2 heterocycles. The van der Waals surface area contributed by atoms with Crippen LogP contribution in [-0.2, 0) is 22.7 Å². The zero-order valence-corrected chi connectivity index (χ0v) is 19.1. The van der Waals surface area contributed by atoms with Crippen LogP contribution in [0.3, 0.4) is 0 Å². The Morgan fingerprint density at radius 2 is 1.72 bits per heavy atom. The number of rotatable bonds is 4. The van der Waals surface area contributed by atoms with Crippen LogP contribution in [0.1, 0.15) is 50.3 Å². The van der Waals surface area contributed by atoms with Gasteiger partial charge in [0, 0.05) is 64.5 Å². The Labute approximate surface area is 191 Å². The molecule has 170 valence electrons. The molecule has 2 aromatic rings. The van der Waals surface area contributed by atoms with Gasteiger partial charge in [0.05, 0.1) is 5.69 Å². The molecule has 1 aliphatic carbocycles. The van der Waals surface area contributed by atoms with E-state index in [1.54, 1.807) is 6.92 Å². The normalized spacial score (nSPS) is 18.4. The van der Waals surface area contributed by atoms with Crippen molar-refractivity contribution in [3.05, 3.63) is 59.9 Å². The van der Waals surface area contributed by atoms with Crippen molar-refractivity contribution < 1.29 is 9.59 Å². The van der Waals surface area contributed by atoms with Gasteiger partial charge in [-0.15, -0.1) is 0 Å². The molecule has 1 aromatic heterocycles. The van der Waals surface area contributed by atoms with E-state index < -0.39 is 0 Å². The van der Waals surface area contributed by atoms with Crippen molar-refractivity contribution in [2.45, 2.75) is 52.1 Å². The Morgan fingerprint density at radius 1 is 0.969 bits per heavy atom. The van der Waals surface area contributed by atoms with Crippen LogP contribution in [0.5, 0.6) is 0 Å². The fraction of sp³-hybridized carbons (Fsp3) is 0.500. The van der Waals surface area contributed by atoms with Crippen molar-refractivity contribution in [3.8, 4) is 0 Å². The predicted octanol–water partition coefficient (Wildman–Crippen LogP) is 3.86. The van der Waals surface area contributed by atoms with E-state index in [-0.39, 0.29) is 11.8 Å². The summed E-state index contributed by atoms with van der Waals surface area (Å²) in [5.41, 5.74) is 3.04. The Balaban J connectivity index is 1.56. The number of hydrogen-bond acceptors (Lipinski definition) is 4. The van der Waals surface area contributed by atoms with Gasteiger partial charge in [0.2, 0.25) is 11.8 Å². The number of aromatic nitrogens is 1. The molecule has 1 aromatic carbocycles. The Morgan fingerprint density at radius 3 is 2.44 bits per heavy atom. The highest BCUT2D eigenvalue weighted by Crippen LogP contribution is 2.33. The van der Waals surface area contributed by atoms with Crippen LogP contribution >= 0.6 is 0 Å². The van der Waals surface area contributed by atoms with E-state index in [0.717, 1.165) is 56.0 Å². The summed E-state index contributed by atoms with van der Waals surface area (Å²) in [6.45, 7) is 6.17. The maximum Gasteiger partial charge on any atom is 0.223 e. The molecular formula is C26H34N4O2. The minimum absolute atomic E-state index is 0.0432. The molecule has 0 bridgehead atoms. The Hall–Kier alpha value is -2.73. The second-order valence-corrected chi connectivity index (χ2v) is 9.07. The zero-order valence-electron chi connectivity index (χ0n) is 19.1. The molecule has 0 radical (unpaired) electrons. The molecule has 0 saturated heterocycles. The van der Waals surface area contributed by atoms with Gasteiger partial charge in [-0.05, 0) is 55.4 Å². The van der Waals surface area contributed by atoms with Gasteiger partial charge in [0.1, 0.15) is 0 Å². The fourth-order valence-electron chi connectivity index (χ4n) is 4.48. The van der Waals surface area contributed by atoms with Crippen molar-refractivity contribution in [1.29, 1.82) is 0 Å². The van der Waals surface area contributed by atoms with Crippen molar-refractivity contribution >= 4 is 17.5 Å². The van der Waals surface area contributed by atoms with Crippen molar-refractivity contribution in [3.63, 3.8) is 0 Å². The first-order valence-electron chi connectivity index (χ1n) is 11.9. The van der Waals surface area contributed by atoms with Crippen LogP contribution in [0.4, 0.5) is 5.69 Å². The Bertz CT molecular complexity index is 913. The molecule has 1 saturated carbocycles. The third-order valence-electron chi connectivity index (χ3n) is 6.41. The first kappa shape index (κ1) is 22.5. The standard InChI is InChI=1S/C26H34N4O2/c1-21(31)30-17-7-15-28(20-24-9-4-5-13-27-24)14-6-16-29(26(32)18-22-11-12-22)19-23-8-2-3-10-25(23)30/h2-5,8-10,13,22H,6-7,11-12,14-20H2,1H3. The van der Waals surface area contributed by atoms with Gasteiger partial charge in [0.15, 0.2) is 0 Å². The summed E-state index contributed by atoms with van der Waals surface area (Å²) < 4.78 is 0. The van der Waals surface area contributed by atoms with Crippen molar-refractivity contribution in [1.82, 2.24) is 14.8 Å². The molecule has 6 heteroatoms. The van der Waals surface area contributed by atoms with Gasteiger partial charge in [0.25, 0.3) is 0 Å². The lowest BCUT2D eigenvalue weighted by atomic mass is 10.1. The van der Waals surface area contributed by atoms with E-state index >= 15 is 0 Å². The minimum Gasteiger partial charge on any atom is -0.338 e. The number of carbonyl (C=O) groups is 2. The number of para-hydroxylation sites is 1. The number of nitrogens with zero attached hydrogens (tertiary/aromatic N) is 4. The van der Waals surface area contributed by atoms with E-state index in [0.29, 0.717) is 25.4 Å². The van der Waals surface area contributed by atoms with Gasteiger partial charge in [-0.3, -0.25) is 19.5 Å². The van der Waals surface area contributed by atoms with E-state index in [1.807, 2.05) is 46.3 Å². The van der Waals surface area contributed by atoms with Crippen molar-refractivity contribution in [2.24, 2.45) is 5.92 Å².